The summed E-state index contributed by atoms with van der Waals surface area (Å²) in [7, 11) is 1.56. The van der Waals surface area contributed by atoms with Crippen molar-refractivity contribution in [1.29, 1.82) is 0 Å². The fraction of sp³-hybridized carbons (Fsp3) is 0.364. The maximum absolute atomic E-state index is 12.8. The van der Waals surface area contributed by atoms with Crippen molar-refractivity contribution in [3.8, 4) is 5.75 Å². The van der Waals surface area contributed by atoms with Crippen LogP contribution >= 0.6 is 0 Å². The molecule has 4 rings (SSSR count). The molecule has 2 aromatic rings. The van der Waals surface area contributed by atoms with Crippen LogP contribution in [0.3, 0.4) is 0 Å². The topological polar surface area (TPSA) is 87.7 Å². The molecule has 0 spiro atoms. The molecule has 2 aromatic carbocycles. The number of aliphatic hydroxyl groups excluding tert-OH is 1. The third kappa shape index (κ3) is 3.24. The highest BCUT2D eigenvalue weighted by atomic mass is 16.5. The summed E-state index contributed by atoms with van der Waals surface area (Å²) >= 11 is 0. The van der Waals surface area contributed by atoms with Crippen LogP contribution in [-0.2, 0) is 0 Å². The number of nitrogens with one attached hydrogen (secondary N) is 2. The summed E-state index contributed by atoms with van der Waals surface area (Å²) in [6, 6.07) is 13.4. The average Bonchev–Trinajstić information content (AvgIpc) is 3.38. The van der Waals surface area contributed by atoms with E-state index in [-0.39, 0.29) is 42.4 Å². The largest absolute Gasteiger partial charge is 0.489 e. The summed E-state index contributed by atoms with van der Waals surface area (Å²) in [5.74, 6) is 0.0827. The second kappa shape index (κ2) is 7.28. The molecule has 146 valence electrons. The number of hydrogen-bond donors (Lipinski definition) is 3. The van der Waals surface area contributed by atoms with E-state index >= 15 is 0 Å². The highest BCUT2D eigenvalue weighted by Gasteiger charge is 2.39. The van der Waals surface area contributed by atoms with Gasteiger partial charge in [-0.1, -0.05) is 30.3 Å². The van der Waals surface area contributed by atoms with E-state index in [1.54, 1.807) is 13.1 Å². The Balaban J connectivity index is 1.75. The number of ether oxygens (including phenoxy) is 1. The average molecular weight is 380 g/mol. The summed E-state index contributed by atoms with van der Waals surface area (Å²) in [5.41, 5.74) is 2.72. The number of amides is 2. The molecule has 3 N–H and O–H groups in total. The Morgan fingerprint density at radius 1 is 1.18 bits per heavy atom. The van der Waals surface area contributed by atoms with Crippen LogP contribution in [0.15, 0.2) is 42.5 Å². The first kappa shape index (κ1) is 18.5. The summed E-state index contributed by atoms with van der Waals surface area (Å²) in [6.07, 6.45) is 0.628. The lowest BCUT2D eigenvalue weighted by atomic mass is 9.87. The van der Waals surface area contributed by atoms with Crippen LogP contribution in [0.4, 0.5) is 0 Å². The molecule has 28 heavy (non-hydrogen) atoms. The van der Waals surface area contributed by atoms with Gasteiger partial charge in [0, 0.05) is 42.7 Å². The number of hydrogen-bond acceptors (Lipinski definition) is 4. The van der Waals surface area contributed by atoms with Crippen molar-refractivity contribution in [1.82, 2.24) is 10.6 Å². The van der Waals surface area contributed by atoms with Gasteiger partial charge >= 0.3 is 0 Å². The van der Waals surface area contributed by atoms with E-state index < -0.39 is 0 Å². The van der Waals surface area contributed by atoms with E-state index in [0.29, 0.717) is 16.9 Å². The van der Waals surface area contributed by atoms with Gasteiger partial charge in [-0.3, -0.25) is 9.59 Å². The van der Waals surface area contributed by atoms with Crippen LogP contribution in [0.2, 0.25) is 0 Å². The third-order valence-electron chi connectivity index (χ3n) is 5.59. The standard InChI is InChI=1S/C22H24N2O4/c1-12-19(13-6-4-3-5-7-13)16-8-14(21(26)24-18-10-15(18)11-25)9-17(20(16)28-12)22(27)23-2/h3-9,12,15,18-19,25H,10-11H2,1-2H3,(H,23,27)(H,24,26)/t12-,15+,18-,19+/m1/s1. The lowest BCUT2D eigenvalue weighted by Gasteiger charge is -2.15. The van der Waals surface area contributed by atoms with E-state index in [9.17, 15) is 14.7 Å². The highest BCUT2D eigenvalue weighted by Crippen LogP contribution is 2.45. The lowest BCUT2D eigenvalue weighted by molar-refractivity contribution is 0.0947. The second-order valence-electron chi connectivity index (χ2n) is 7.49. The van der Waals surface area contributed by atoms with Crippen LogP contribution in [-0.4, -0.2) is 42.7 Å². The van der Waals surface area contributed by atoms with E-state index in [1.807, 2.05) is 43.3 Å². The molecule has 0 aromatic heterocycles. The Kier molecular flexibility index (Phi) is 4.81. The molecule has 0 bridgehead atoms. The van der Waals surface area contributed by atoms with Gasteiger partial charge < -0.3 is 20.5 Å². The normalized spacial score (nSPS) is 24.8. The first-order valence-electron chi connectivity index (χ1n) is 9.56. The van der Waals surface area contributed by atoms with Crippen molar-refractivity contribution in [3.05, 3.63) is 64.7 Å². The van der Waals surface area contributed by atoms with Gasteiger partial charge in [-0.15, -0.1) is 0 Å². The molecular weight excluding hydrogens is 356 g/mol. The molecule has 1 fully saturated rings. The van der Waals surface area contributed by atoms with E-state index in [0.717, 1.165) is 17.5 Å². The number of fused-ring (bicyclic) bond motifs is 1. The molecule has 1 heterocycles. The minimum atomic E-state index is -0.286. The molecule has 2 amide bonds. The Hall–Kier alpha value is -2.86. The minimum absolute atomic E-state index is 0.00528. The molecule has 0 radical (unpaired) electrons. The fourth-order valence-corrected chi connectivity index (χ4v) is 3.94. The smallest absolute Gasteiger partial charge is 0.254 e. The molecular formula is C22H24N2O4. The maximum Gasteiger partial charge on any atom is 0.254 e. The van der Waals surface area contributed by atoms with Crippen LogP contribution in [0.25, 0.3) is 0 Å². The van der Waals surface area contributed by atoms with Crippen molar-refractivity contribution in [3.63, 3.8) is 0 Å². The summed E-state index contributed by atoms with van der Waals surface area (Å²) in [6.45, 7) is 2.04. The molecule has 1 saturated carbocycles. The quantitative estimate of drug-likeness (QED) is 0.741. The zero-order valence-electron chi connectivity index (χ0n) is 15.9. The number of carbonyl (C=O) groups is 2. The minimum Gasteiger partial charge on any atom is -0.489 e. The van der Waals surface area contributed by atoms with Crippen LogP contribution in [0.5, 0.6) is 5.75 Å². The maximum atomic E-state index is 12.8. The first-order valence-corrected chi connectivity index (χ1v) is 9.56. The molecule has 6 nitrogen and oxygen atoms in total. The molecule has 1 aliphatic carbocycles. The highest BCUT2D eigenvalue weighted by molar-refractivity contribution is 6.02. The Bertz CT molecular complexity index is 912. The summed E-state index contributed by atoms with van der Waals surface area (Å²) < 4.78 is 6.06. The second-order valence-corrected chi connectivity index (χ2v) is 7.49. The van der Waals surface area contributed by atoms with Gasteiger partial charge in [0.15, 0.2) is 0 Å². The predicted octanol–water partition coefficient (Wildman–Crippen LogP) is 2.07. The number of carbonyl (C=O) groups excluding carboxylic acids is 2. The fourth-order valence-electron chi connectivity index (χ4n) is 3.94. The lowest BCUT2D eigenvalue weighted by Crippen LogP contribution is -2.28. The summed E-state index contributed by atoms with van der Waals surface area (Å²) in [5, 5.41) is 14.8. The van der Waals surface area contributed by atoms with Gasteiger partial charge in [0.2, 0.25) is 0 Å². The van der Waals surface area contributed by atoms with Crippen molar-refractivity contribution < 1.29 is 19.4 Å². The van der Waals surface area contributed by atoms with Gasteiger partial charge in [0.25, 0.3) is 11.8 Å². The van der Waals surface area contributed by atoms with Gasteiger partial charge in [0.05, 0.1) is 5.56 Å². The van der Waals surface area contributed by atoms with E-state index in [2.05, 4.69) is 10.6 Å². The molecule has 2 aliphatic rings. The predicted molar refractivity (Wildman–Crippen MR) is 105 cm³/mol. The number of benzene rings is 2. The Labute approximate surface area is 163 Å². The Morgan fingerprint density at radius 3 is 2.57 bits per heavy atom. The number of rotatable bonds is 5. The zero-order valence-corrected chi connectivity index (χ0v) is 15.9. The molecule has 0 saturated heterocycles. The summed E-state index contributed by atoms with van der Waals surface area (Å²) in [4.78, 5) is 25.3. The molecule has 1 aliphatic heterocycles. The van der Waals surface area contributed by atoms with Crippen LogP contribution < -0.4 is 15.4 Å². The SMILES string of the molecule is CNC(=O)c1cc(C(=O)N[C@@H]2C[C@H]2CO)cc2c1O[C@H](C)[C@H]2c1ccccc1. The van der Waals surface area contributed by atoms with Crippen molar-refractivity contribution >= 4 is 11.8 Å². The van der Waals surface area contributed by atoms with Gasteiger partial charge in [-0.25, -0.2) is 0 Å². The monoisotopic (exact) mass is 380 g/mol. The van der Waals surface area contributed by atoms with Gasteiger partial charge in [0.1, 0.15) is 11.9 Å². The van der Waals surface area contributed by atoms with Crippen LogP contribution in [0.1, 0.15) is 51.1 Å². The molecule has 0 unspecified atom stereocenters. The first-order chi connectivity index (χ1) is 13.5. The van der Waals surface area contributed by atoms with Crippen molar-refractivity contribution in [2.45, 2.75) is 31.4 Å². The van der Waals surface area contributed by atoms with Gasteiger partial charge in [-0.2, -0.15) is 0 Å². The van der Waals surface area contributed by atoms with Gasteiger partial charge in [-0.05, 0) is 31.0 Å². The third-order valence-corrected chi connectivity index (χ3v) is 5.59. The van der Waals surface area contributed by atoms with E-state index in [1.165, 1.54) is 0 Å². The van der Waals surface area contributed by atoms with E-state index in [4.69, 9.17) is 4.74 Å². The van der Waals surface area contributed by atoms with Crippen molar-refractivity contribution in [2.75, 3.05) is 13.7 Å². The van der Waals surface area contributed by atoms with Crippen LogP contribution in [0, 0.1) is 5.92 Å². The Morgan fingerprint density at radius 2 is 1.93 bits per heavy atom. The molecule has 4 atom stereocenters. The van der Waals surface area contributed by atoms with Crippen molar-refractivity contribution in [2.24, 2.45) is 5.92 Å². The number of aliphatic hydroxyl groups is 1. The molecule has 6 heteroatoms. The zero-order chi connectivity index (χ0) is 19.8.